The predicted octanol–water partition coefficient (Wildman–Crippen LogP) is 2.38. The Hall–Kier alpha value is -1.51. The first-order valence-electron chi connectivity index (χ1n) is 6.34. The highest BCUT2D eigenvalue weighted by atomic mass is 16.2. The van der Waals surface area contributed by atoms with Crippen LogP contribution in [0.4, 0.5) is 5.69 Å². The van der Waals surface area contributed by atoms with Gasteiger partial charge in [-0.25, -0.2) is 0 Å². The maximum absolute atomic E-state index is 11.7. The fraction of sp³-hybridized carbons (Fsp3) is 0.500. The van der Waals surface area contributed by atoms with Gasteiger partial charge < -0.3 is 10.6 Å². The van der Waals surface area contributed by atoms with E-state index in [0.717, 1.165) is 31.6 Å². The highest BCUT2D eigenvalue weighted by Gasteiger charge is 2.23. The summed E-state index contributed by atoms with van der Waals surface area (Å²) in [5, 5.41) is 0. The van der Waals surface area contributed by atoms with Crippen LogP contribution < -0.4 is 5.73 Å². The Kier molecular flexibility index (Phi) is 3.67. The number of nitrogens with zero attached hydrogens (tertiary/aromatic N) is 1. The van der Waals surface area contributed by atoms with Gasteiger partial charge in [0.2, 0.25) is 5.91 Å². The molecule has 0 saturated carbocycles. The van der Waals surface area contributed by atoms with E-state index >= 15 is 0 Å². The molecule has 1 aliphatic rings. The molecule has 1 unspecified atom stereocenters. The molecule has 1 fully saturated rings. The number of likely N-dealkylation sites (tertiary alicyclic amines) is 1. The second kappa shape index (κ2) is 5.21. The van der Waals surface area contributed by atoms with Gasteiger partial charge in [-0.15, -0.1) is 0 Å². The van der Waals surface area contributed by atoms with Crippen molar-refractivity contribution in [3.63, 3.8) is 0 Å². The molecule has 92 valence electrons. The summed E-state index contributed by atoms with van der Waals surface area (Å²) in [6.45, 7) is 3.67. The number of benzene rings is 1. The third-order valence-corrected chi connectivity index (χ3v) is 3.46. The average Bonchev–Trinajstić information content (AvgIpc) is 2.38. The largest absolute Gasteiger partial charge is 0.399 e. The van der Waals surface area contributed by atoms with Gasteiger partial charge in [0.05, 0.1) is 0 Å². The van der Waals surface area contributed by atoms with Crippen LogP contribution in [-0.4, -0.2) is 23.9 Å². The summed E-state index contributed by atoms with van der Waals surface area (Å²) in [6, 6.07) is 8.04. The third kappa shape index (κ3) is 2.78. The van der Waals surface area contributed by atoms with E-state index in [1.54, 1.807) is 0 Å². The van der Waals surface area contributed by atoms with Gasteiger partial charge in [0.15, 0.2) is 0 Å². The summed E-state index contributed by atoms with van der Waals surface area (Å²) in [5.41, 5.74) is 7.87. The molecule has 0 radical (unpaired) electrons. The zero-order valence-corrected chi connectivity index (χ0v) is 10.4. The first kappa shape index (κ1) is 12.0. The van der Waals surface area contributed by atoms with Crippen LogP contribution in [0.15, 0.2) is 24.3 Å². The Balaban J connectivity index is 2.09. The van der Waals surface area contributed by atoms with Crippen LogP contribution in [0.2, 0.25) is 0 Å². The molecule has 1 aliphatic heterocycles. The maximum atomic E-state index is 11.7. The maximum Gasteiger partial charge on any atom is 0.222 e. The van der Waals surface area contributed by atoms with E-state index < -0.39 is 0 Å². The van der Waals surface area contributed by atoms with E-state index in [9.17, 15) is 4.79 Å². The molecule has 1 atom stereocenters. The van der Waals surface area contributed by atoms with E-state index in [2.05, 4.69) is 6.07 Å². The van der Waals surface area contributed by atoms with Crippen molar-refractivity contribution in [3.8, 4) is 0 Å². The summed E-state index contributed by atoms with van der Waals surface area (Å²) in [5.74, 6) is 0.710. The summed E-state index contributed by atoms with van der Waals surface area (Å²) in [6.07, 6.45) is 2.84. The molecule has 1 amide bonds. The van der Waals surface area contributed by atoms with Gasteiger partial charge >= 0.3 is 0 Å². The number of rotatable bonds is 2. The summed E-state index contributed by atoms with van der Waals surface area (Å²) >= 11 is 0. The minimum absolute atomic E-state index is 0.263. The number of amides is 1. The van der Waals surface area contributed by atoms with Gasteiger partial charge in [0.25, 0.3) is 0 Å². The van der Waals surface area contributed by atoms with Gasteiger partial charge in [0.1, 0.15) is 0 Å². The number of carbonyl (C=O) groups excluding carboxylic acids is 1. The molecule has 17 heavy (non-hydrogen) atoms. The third-order valence-electron chi connectivity index (χ3n) is 3.46. The van der Waals surface area contributed by atoms with E-state index in [0.29, 0.717) is 12.3 Å². The van der Waals surface area contributed by atoms with Crippen LogP contribution in [0.25, 0.3) is 0 Å². The van der Waals surface area contributed by atoms with Crippen LogP contribution >= 0.6 is 0 Å². The molecular formula is C14H20N2O. The molecule has 0 aliphatic carbocycles. The van der Waals surface area contributed by atoms with Crippen molar-refractivity contribution in [2.45, 2.75) is 32.1 Å². The number of anilines is 1. The summed E-state index contributed by atoms with van der Waals surface area (Å²) in [4.78, 5) is 13.7. The summed E-state index contributed by atoms with van der Waals surface area (Å²) < 4.78 is 0. The lowest BCUT2D eigenvalue weighted by atomic mass is 9.90. The highest BCUT2D eigenvalue weighted by molar-refractivity contribution is 5.76. The second-order valence-electron chi connectivity index (χ2n) is 4.70. The Bertz CT molecular complexity index is 403. The van der Waals surface area contributed by atoms with Crippen molar-refractivity contribution >= 4 is 11.6 Å². The molecule has 3 nitrogen and oxygen atoms in total. The molecule has 1 heterocycles. The van der Waals surface area contributed by atoms with Crippen molar-refractivity contribution in [3.05, 3.63) is 29.8 Å². The predicted molar refractivity (Wildman–Crippen MR) is 69.7 cm³/mol. The van der Waals surface area contributed by atoms with Gasteiger partial charge in [0, 0.05) is 31.1 Å². The first-order chi connectivity index (χ1) is 8.20. The minimum atomic E-state index is 0.263. The standard InChI is InChI=1S/C14H20N2O/c1-2-14(17)16-8-4-6-12(10-16)11-5-3-7-13(15)9-11/h3,5,7,9,12H,2,4,6,8,10,15H2,1H3. The van der Waals surface area contributed by atoms with Crippen LogP contribution in [-0.2, 0) is 4.79 Å². The van der Waals surface area contributed by atoms with Gasteiger partial charge in [-0.2, -0.15) is 0 Å². The van der Waals surface area contributed by atoms with E-state index in [-0.39, 0.29) is 5.91 Å². The number of carbonyl (C=O) groups is 1. The Labute approximate surface area is 103 Å². The number of nitrogens with two attached hydrogens (primary N) is 1. The van der Waals surface area contributed by atoms with Crippen LogP contribution in [0, 0.1) is 0 Å². The molecule has 1 aromatic carbocycles. The minimum Gasteiger partial charge on any atom is -0.399 e. The molecule has 0 bridgehead atoms. The van der Waals surface area contributed by atoms with Crippen molar-refractivity contribution in [2.24, 2.45) is 0 Å². The van der Waals surface area contributed by atoms with E-state index in [1.807, 2.05) is 30.0 Å². The lowest BCUT2D eigenvalue weighted by Gasteiger charge is -2.33. The van der Waals surface area contributed by atoms with Crippen molar-refractivity contribution in [1.82, 2.24) is 4.90 Å². The lowest BCUT2D eigenvalue weighted by molar-refractivity contribution is -0.132. The molecule has 3 heteroatoms. The van der Waals surface area contributed by atoms with Gasteiger partial charge in [-0.05, 0) is 30.5 Å². The number of piperidine rings is 1. The van der Waals surface area contributed by atoms with Crippen LogP contribution in [0.5, 0.6) is 0 Å². The SMILES string of the molecule is CCC(=O)N1CCCC(c2cccc(N)c2)C1. The molecule has 0 spiro atoms. The van der Waals surface area contributed by atoms with Gasteiger partial charge in [-0.1, -0.05) is 19.1 Å². The normalized spacial score (nSPS) is 20.3. The van der Waals surface area contributed by atoms with Crippen molar-refractivity contribution in [2.75, 3.05) is 18.8 Å². The van der Waals surface area contributed by atoms with Crippen molar-refractivity contribution in [1.29, 1.82) is 0 Å². The van der Waals surface area contributed by atoms with E-state index in [1.165, 1.54) is 5.56 Å². The van der Waals surface area contributed by atoms with Crippen LogP contribution in [0.1, 0.15) is 37.7 Å². The Morgan fingerprint density at radius 2 is 2.35 bits per heavy atom. The van der Waals surface area contributed by atoms with Crippen molar-refractivity contribution < 1.29 is 4.79 Å². The molecule has 1 saturated heterocycles. The zero-order chi connectivity index (χ0) is 12.3. The molecule has 1 aromatic rings. The average molecular weight is 232 g/mol. The Morgan fingerprint density at radius 1 is 1.53 bits per heavy atom. The first-order valence-corrected chi connectivity index (χ1v) is 6.34. The fourth-order valence-corrected chi connectivity index (χ4v) is 2.51. The number of hydrogen-bond acceptors (Lipinski definition) is 2. The smallest absolute Gasteiger partial charge is 0.222 e. The number of hydrogen-bond donors (Lipinski definition) is 1. The second-order valence-corrected chi connectivity index (χ2v) is 4.70. The topological polar surface area (TPSA) is 46.3 Å². The number of nitrogen functional groups attached to an aromatic ring is 1. The lowest BCUT2D eigenvalue weighted by Crippen LogP contribution is -2.38. The highest BCUT2D eigenvalue weighted by Crippen LogP contribution is 2.28. The monoisotopic (exact) mass is 232 g/mol. The fourth-order valence-electron chi connectivity index (χ4n) is 2.51. The summed E-state index contributed by atoms with van der Waals surface area (Å²) in [7, 11) is 0. The Morgan fingerprint density at radius 3 is 3.06 bits per heavy atom. The zero-order valence-electron chi connectivity index (χ0n) is 10.4. The van der Waals surface area contributed by atoms with Gasteiger partial charge in [-0.3, -0.25) is 4.79 Å². The quantitative estimate of drug-likeness (QED) is 0.796. The molecule has 2 N–H and O–H groups in total. The molecule has 0 aromatic heterocycles. The van der Waals surface area contributed by atoms with Crippen LogP contribution in [0.3, 0.4) is 0 Å². The molecular weight excluding hydrogens is 212 g/mol. The molecule has 2 rings (SSSR count). The van der Waals surface area contributed by atoms with E-state index in [4.69, 9.17) is 5.73 Å².